The fourth-order valence-electron chi connectivity index (χ4n) is 1.18. The van der Waals surface area contributed by atoms with Gasteiger partial charge >= 0.3 is 0 Å². The maximum absolute atomic E-state index is 11.2. The average molecular weight is 190 g/mol. The highest BCUT2D eigenvalue weighted by molar-refractivity contribution is 5.97. The van der Waals surface area contributed by atoms with Crippen molar-refractivity contribution in [2.24, 2.45) is 0 Å². The van der Waals surface area contributed by atoms with E-state index in [-0.39, 0.29) is 17.2 Å². The Balaban J connectivity index is 3.49. The van der Waals surface area contributed by atoms with Gasteiger partial charge in [0.25, 0.3) is 0 Å². The zero-order valence-electron chi connectivity index (χ0n) is 8.29. The van der Waals surface area contributed by atoms with Crippen molar-refractivity contribution in [3.05, 3.63) is 22.9 Å². The summed E-state index contributed by atoms with van der Waals surface area (Å²) >= 11 is 0. The molecule has 1 aromatic heterocycles. The molecule has 4 nitrogen and oxygen atoms in total. The molecule has 0 aliphatic carbocycles. The number of ketones is 1. The van der Waals surface area contributed by atoms with Crippen molar-refractivity contribution >= 4 is 5.78 Å². The number of Topliss-reactive ketones (excluding diaryl/α,β-unsaturated/α-hetero) is 1. The number of nitrogens with zero attached hydrogens (tertiary/aromatic N) is 2. The molecule has 0 radical (unpaired) electrons. The van der Waals surface area contributed by atoms with Crippen molar-refractivity contribution in [2.45, 2.75) is 13.8 Å². The van der Waals surface area contributed by atoms with Crippen molar-refractivity contribution in [1.82, 2.24) is 4.98 Å². The Kier molecular flexibility index (Phi) is 2.82. The van der Waals surface area contributed by atoms with Crippen LogP contribution in [0.2, 0.25) is 0 Å². The van der Waals surface area contributed by atoms with Crippen LogP contribution in [0.15, 0.2) is 6.07 Å². The third kappa shape index (κ3) is 1.72. The summed E-state index contributed by atoms with van der Waals surface area (Å²) in [6.45, 7) is 3.16. The average Bonchev–Trinajstić information content (AvgIpc) is 2.16. The number of pyridine rings is 1. The molecule has 0 aliphatic heterocycles. The molecule has 72 valence electrons. The van der Waals surface area contributed by atoms with Crippen molar-refractivity contribution < 1.29 is 9.53 Å². The maximum Gasteiger partial charge on any atom is 0.232 e. The van der Waals surface area contributed by atoms with Gasteiger partial charge in [-0.2, -0.15) is 5.26 Å². The molecule has 0 atom stereocenters. The highest BCUT2D eigenvalue weighted by Crippen LogP contribution is 2.20. The fraction of sp³-hybridized carbons (Fsp3) is 0.300. The van der Waals surface area contributed by atoms with E-state index >= 15 is 0 Å². The van der Waals surface area contributed by atoms with Gasteiger partial charge in [-0.3, -0.25) is 4.79 Å². The molecular formula is C10H10N2O2. The second kappa shape index (κ2) is 3.88. The molecule has 0 amide bonds. The van der Waals surface area contributed by atoms with Crippen LogP contribution < -0.4 is 4.74 Å². The van der Waals surface area contributed by atoms with Crippen LogP contribution in [0.5, 0.6) is 5.88 Å². The minimum Gasteiger partial charge on any atom is -0.480 e. The Morgan fingerprint density at radius 3 is 2.71 bits per heavy atom. The molecule has 0 N–H and O–H groups in total. The van der Waals surface area contributed by atoms with Gasteiger partial charge in [0.1, 0.15) is 11.6 Å². The fourth-order valence-corrected chi connectivity index (χ4v) is 1.18. The number of rotatable bonds is 2. The predicted octanol–water partition coefficient (Wildman–Crippen LogP) is 1.47. The predicted molar refractivity (Wildman–Crippen MR) is 50.2 cm³/mol. The molecule has 0 bridgehead atoms. The van der Waals surface area contributed by atoms with E-state index in [0.717, 1.165) is 0 Å². The van der Waals surface area contributed by atoms with Crippen molar-refractivity contribution in [3.63, 3.8) is 0 Å². The molecule has 0 unspecified atom stereocenters. The number of aromatic nitrogens is 1. The summed E-state index contributed by atoms with van der Waals surface area (Å²) in [5, 5.41) is 8.85. The van der Waals surface area contributed by atoms with E-state index in [1.54, 1.807) is 13.0 Å². The smallest absolute Gasteiger partial charge is 0.232 e. The third-order valence-corrected chi connectivity index (χ3v) is 1.80. The number of methoxy groups -OCH3 is 1. The molecular weight excluding hydrogens is 180 g/mol. The Labute approximate surface area is 82.1 Å². The van der Waals surface area contributed by atoms with Gasteiger partial charge in [0.05, 0.1) is 7.11 Å². The summed E-state index contributed by atoms with van der Waals surface area (Å²) in [6, 6.07) is 3.50. The quantitative estimate of drug-likeness (QED) is 0.662. The zero-order valence-corrected chi connectivity index (χ0v) is 8.29. The van der Waals surface area contributed by atoms with E-state index < -0.39 is 0 Å². The minimum atomic E-state index is -0.162. The van der Waals surface area contributed by atoms with Gasteiger partial charge < -0.3 is 4.74 Å². The number of nitriles is 1. The summed E-state index contributed by atoms with van der Waals surface area (Å²) < 4.78 is 4.92. The molecule has 0 aromatic carbocycles. The second-order valence-corrected chi connectivity index (χ2v) is 2.86. The van der Waals surface area contributed by atoms with Crippen LogP contribution in [0, 0.1) is 18.3 Å². The lowest BCUT2D eigenvalue weighted by atomic mass is 10.1. The Bertz CT molecular complexity index is 419. The van der Waals surface area contributed by atoms with E-state index in [1.165, 1.54) is 14.0 Å². The largest absolute Gasteiger partial charge is 0.480 e. The minimum absolute atomic E-state index is 0.162. The highest BCUT2D eigenvalue weighted by Gasteiger charge is 2.14. The van der Waals surface area contributed by atoms with Gasteiger partial charge in [-0.15, -0.1) is 0 Å². The van der Waals surface area contributed by atoms with Gasteiger partial charge in [-0.1, -0.05) is 0 Å². The summed E-state index contributed by atoms with van der Waals surface area (Å²) in [6.07, 6.45) is 0. The lowest BCUT2D eigenvalue weighted by Crippen LogP contribution is -2.03. The molecule has 1 aromatic rings. The first-order valence-electron chi connectivity index (χ1n) is 4.06. The van der Waals surface area contributed by atoms with E-state index in [1.807, 2.05) is 6.07 Å². The van der Waals surface area contributed by atoms with Gasteiger partial charge in [-0.25, -0.2) is 4.98 Å². The lowest BCUT2D eigenvalue weighted by molar-refractivity contribution is 0.101. The molecule has 1 heterocycles. The van der Waals surface area contributed by atoms with Crippen molar-refractivity contribution in [1.29, 1.82) is 5.26 Å². The van der Waals surface area contributed by atoms with Crippen molar-refractivity contribution in [2.75, 3.05) is 7.11 Å². The SMILES string of the molecule is COc1nc(C)cc(C(C)=O)c1C#N. The van der Waals surface area contributed by atoms with Crippen molar-refractivity contribution in [3.8, 4) is 11.9 Å². The Hall–Kier alpha value is -1.89. The number of aryl methyl sites for hydroxylation is 1. The number of hydrogen-bond donors (Lipinski definition) is 0. The number of ether oxygens (including phenoxy) is 1. The van der Waals surface area contributed by atoms with Crippen LogP contribution in [0.25, 0.3) is 0 Å². The van der Waals surface area contributed by atoms with Crippen LogP contribution in [0.4, 0.5) is 0 Å². The molecule has 0 spiro atoms. The molecule has 1 rings (SSSR count). The topological polar surface area (TPSA) is 63.0 Å². The van der Waals surface area contributed by atoms with Gasteiger partial charge in [0.2, 0.25) is 5.88 Å². The standard InChI is InChI=1S/C10H10N2O2/c1-6-4-8(7(2)13)9(5-11)10(12-6)14-3/h4H,1-3H3. The number of carbonyl (C=O) groups excluding carboxylic acids is 1. The summed E-state index contributed by atoms with van der Waals surface area (Å²) in [5.74, 6) is 0.0445. The second-order valence-electron chi connectivity index (χ2n) is 2.86. The molecule has 4 heteroatoms. The molecule has 0 saturated heterocycles. The van der Waals surface area contributed by atoms with Crippen LogP contribution in [-0.4, -0.2) is 17.9 Å². The van der Waals surface area contributed by atoms with Gasteiger partial charge in [0.15, 0.2) is 5.78 Å². The lowest BCUT2D eigenvalue weighted by Gasteiger charge is -2.06. The van der Waals surface area contributed by atoms with Gasteiger partial charge in [-0.05, 0) is 19.9 Å². The zero-order chi connectivity index (χ0) is 10.7. The van der Waals surface area contributed by atoms with Crippen LogP contribution in [-0.2, 0) is 0 Å². The first-order valence-corrected chi connectivity index (χ1v) is 4.06. The Morgan fingerprint density at radius 1 is 1.64 bits per heavy atom. The molecule has 0 fully saturated rings. The van der Waals surface area contributed by atoms with E-state index in [4.69, 9.17) is 10.00 Å². The molecule has 0 aliphatic rings. The van der Waals surface area contributed by atoms with Crippen LogP contribution >= 0.6 is 0 Å². The molecule has 14 heavy (non-hydrogen) atoms. The molecule has 0 saturated carbocycles. The third-order valence-electron chi connectivity index (χ3n) is 1.80. The van der Waals surface area contributed by atoms with Crippen LogP contribution in [0.1, 0.15) is 28.5 Å². The summed E-state index contributed by atoms with van der Waals surface area (Å²) in [7, 11) is 1.42. The monoisotopic (exact) mass is 190 g/mol. The summed E-state index contributed by atoms with van der Waals surface area (Å²) in [4.78, 5) is 15.2. The normalized spacial score (nSPS) is 9.29. The first-order chi connectivity index (χ1) is 6.60. The number of carbonyl (C=O) groups is 1. The van der Waals surface area contributed by atoms with E-state index in [9.17, 15) is 4.79 Å². The van der Waals surface area contributed by atoms with E-state index in [0.29, 0.717) is 11.3 Å². The van der Waals surface area contributed by atoms with Crippen LogP contribution in [0.3, 0.4) is 0 Å². The van der Waals surface area contributed by atoms with Gasteiger partial charge in [0, 0.05) is 11.3 Å². The highest BCUT2D eigenvalue weighted by atomic mass is 16.5. The Morgan fingerprint density at radius 2 is 2.29 bits per heavy atom. The number of hydrogen-bond acceptors (Lipinski definition) is 4. The maximum atomic E-state index is 11.2. The van der Waals surface area contributed by atoms with E-state index in [2.05, 4.69) is 4.98 Å². The summed E-state index contributed by atoms with van der Waals surface area (Å²) in [5.41, 5.74) is 1.22. The first kappa shape index (κ1) is 10.2.